The van der Waals surface area contributed by atoms with E-state index in [1.54, 1.807) is 13.2 Å². The SMILES string of the molecule is COc1ccc(F)cc1CC1(O)CC1. The molecule has 0 saturated heterocycles. The Kier molecular flexibility index (Phi) is 2.19. The molecule has 1 aromatic rings. The van der Waals surface area contributed by atoms with E-state index in [2.05, 4.69) is 0 Å². The maximum atomic E-state index is 12.9. The molecular formula is C11H13FO2. The summed E-state index contributed by atoms with van der Waals surface area (Å²) in [7, 11) is 1.55. The molecule has 1 saturated carbocycles. The molecule has 1 fully saturated rings. The van der Waals surface area contributed by atoms with Gasteiger partial charge in [0.1, 0.15) is 11.6 Å². The number of methoxy groups -OCH3 is 1. The van der Waals surface area contributed by atoms with Crippen LogP contribution in [-0.4, -0.2) is 17.8 Å². The number of aliphatic hydroxyl groups is 1. The van der Waals surface area contributed by atoms with Gasteiger partial charge in [0.05, 0.1) is 12.7 Å². The Hall–Kier alpha value is -1.09. The lowest BCUT2D eigenvalue weighted by atomic mass is 10.1. The number of halogens is 1. The molecule has 0 amide bonds. The van der Waals surface area contributed by atoms with Gasteiger partial charge in [-0.05, 0) is 36.6 Å². The van der Waals surface area contributed by atoms with Gasteiger partial charge in [0.15, 0.2) is 0 Å². The van der Waals surface area contributed by atoms with Crippen molar-refractivity contribution < 1.29 is 14.2 Å². The Balaban J connectivity index is 2.25. The Labute approximate surface area is 82.3 Å². The van der Waals surface area contributed by atoms with E-state index in [1.807, 2.05) is 0 Å². The van der Waals surface area contributed by atoms with Gasteiger partial charge in [-0.2, -0.15) is 0 Å². The summed E-state index contributed by atoms with van der Waals surface area (Å²) in [6, 6.07) is 4.38. The molecule has 1 aliphatic rings. The second kappa shape index (κ2) is 3.24. The first kappa shape index (κ1) is 9.46. The van der Waals surface area contributed by atoms with Crippen LogP contribution < -0.4 is 4.74 Å². The lowest BCUT2D eigenvalue weighted by Gasteiger charge is -2.11. The molecule has 0 aromatic heterocycles. The van der Waals surface area contributed by atoms with Crippen LogP contribution in [0.3, 0.4) is 0 Å². The van der Waals surface area contributed by atoms with E-state index in [9.17, 15) is 9.50 Å². The van der Waals surface area contributed by atoms with Crippen LogP contribution in [0.15, 0.2) is 18.2 Å². The first-order valence-corrected chi connectivity index (χ1v) is 4.68. The molecule has 1 aliphatic carbocycles. The van der Waals surface area contributed by atoms with E-state index >= 15 is 0 Å². The summed E-state index contributed by atoms with van der Waals surface area (Å²) < 4.78 is 18.0. The van der Waals surface area contributed by atoms with Crippen molar-refractivity contribution in [3.8, 4) is 5.75 Å². The maximum absolute atomic E-state index is 12.9. The first-order chi connectivity index (χ1) is 6.63. The molecular weight excluding hydrogens is 183 g/mol. The minimum absolute atomic E-state index is 0.287. The zero-order valence-electron chi connectivity index (χ0n) is 8.09. The molecule has 14 heavy (non-hydrogen) atoms. The summed E-state index contributed by atoms with van der Waals surface area (Å²) in [5.41, 5.74) is 0.133. The molecule has 0 atom stereocenters. The molecule has 3 heteroatoms. The van der Waals surface area contributed by atoms with Crippen LogP contribution in [0.5, 0.6) is 5.75 Å². The van der Waals surface area contributed by atoms with Gasteiger partial charge in [0, 0.05) is 6.42 Å². The van der Waals surface area contributed by atoms with Gasteiger partial charge >= 0.3 is 0 Å². The number of rotatable bonds is 3. The van der Waals surface area contributed by atoms with Crippen LogP contribution in [-0.2, 0) is 6.42 Å². The average Bonchev–Trinajstić information content (AvgIpc) is 2.84. The predicted octanol–water partition coefficient (Wildman–Crippen LogP) is 1.90. The van der Waals surface area contributed by atoms with E-state index in [1.165, 1.54) is 12.1 Å². The van der Waals surface area contributed by atoms with Crippen molar-refractivity contribution in [1.29, 1.82) is 0 Å². The second-order valence-corrected chi connectivity index (χ2v) is 3.86. The van der Waals surface area contributed by atoms with Crippen molar-refractivity contribution in [1.82, 2.24) is 0 Å². The highest BCUT2D eigenvalue weighted by Crippen LogP contribution is 2.40. The van der Waals surface area contributed by atoms with Gasteiger partial charge in [0.2, 0.25) is 0 Å². The van der Waals surface area contributed by atoms with E-state index in [0.717, 1.165) is 18.4 Å². The maximum Gasteiger partial charge on any atom is 0.123 e. The number of ether oxygens (including phenoxy) is 1. The molecule has 2 nitrogen and oxygen atoms in total. The largest absolute Gasteiger partial charge is 0.496 e. The summed E-state index contributed by atoms with van der Waals surface area (Å²) in [6.07, 6.45) is 2.08. The highest BCUT2D eigenvalue weighted by molar-refractivity contribution is 5.35. The summed E-state index contributed by atoms with van der Waals surface area (Å²) >= 11 is 0. The Bertz CT molecular complexity index is 345. The molecule has 76 valence electrons. The van der Waals surface area contributed by atoms with Gasteiger partial charge in [-0.15, -0.1) is 0 Å². The lowest BCUT2D eigenvalue weighted by Crippen LogP contribution is -2.11. The van der Waals surface area contributed by atoms with Crippen molar-refractivity contribution >= 4 is 0 Å². The molecule has 0 bridgehead atoms. The fourth-order valence-corrected chi connectivity index (χ4v) is 1.56. The third-order valence-corrected chi connectivity index (χ3v) is 2.59. The summed E-state index contributed by atoms with van der Waals surface area (Å²) in [6.45, 7) is 0. The molecule has 0 aliphatic heterocycles. The third kappa shape index (κ3) is 1.87. The quantitative estimate of drug-likeness (QED) is 0.800. The van der Waals surface area contributed by atoms with Gasteiger partial charge in [-0.1, -0.05) is 0 Å². The van der Waals surface area contributed by atoms with Crippen molar-refractivity contribution in [3.63, 3.8) is 0 Å². The van der Waals surface area contributed by atoms with Crippen LogP contribution in [0.2, 0.25) is 0 Å². The molecule has 0 radical (unpaired) electrons. The smallest absolute Gasteiger partial charge is 0.123 e. The topological polar surface area (TPSA) is 29.5 Å². The highest BCUT2D eigenvalue weighted by atomic mass is 19.1. The van der Waals surface area contributed by atoms with E-state index in [4.69, 9.17) is 4.74 Å². The van der Waals surface area contributed by atoms with E-state index < -0.39 is 5.60 Å². The van der Waals surface area contributed by atoms with E-state index in [-0.39, 0.29) is 5.82 Å². The highest BCUT2D eigenvalue weighted by Gasteiger charge is 2.40. The summed E-state index contributed by atoms with van der Waals surface area (Å²) in [4.78, 5) is 0. The number of benzene rings is 1. The standard InChI is InChI=1S/C11H13FO2/c1-14-10-3-2-9(12)6-8(10)7-11(13)4-5-11/h2-3,6,13H,4-5,7H2,1H3. The molecule has 2 rings (SSSR count). The lowest BCUT2D eigenvalue weighted by molar-refractivity contribution is 0.150. The van der Waals surface area contributed by atoms with Gasteiger partial charge in [-0.25, -0.2) is 4.39 Å². The Morgan fingerprint density at radius 2 is 2.21 bits per heavy atom. The van der Waals surface area contributed by atoms with Crippen molar-refractivity contribution in [2.24, 2.45) is 0 Å². The predicted molar refractivity (Wildman–Crippen MR) is 50.8 cm³/mol. The van der Waals surface area contributed by atoms with Crippen molar-refractivity contribution in [2.45, 2.75) is 24.9 Å². The van der Waals surface area contributed by atoms with Crippen LogP contribution in [0, 0.1) is 5.82 Å². The van der Waals surface area contributed by atoms with Crippen LogP contribution >= 0.6 is 0 Å². The van der Waals surface area contributed by atoms with Gasteiger partial charge < -0.3 is 9.84 Å². The van der Waals surface area contributed by atoms with E-state index in [0.29, 0.717) is 12.2 Å². The van der Waals surface area contributed by atoms with Gasteiger partial charge in [0.25, 0.3) is 0 Å². The molecule has 1 aromatic carbocycles. The minimum Gasteiger partial charge on any atom is -0.496 e. The normalized spacial score (nSPS) is 17.9. The molecule has 1 N–H and O–H groups in total. The number of hydrogen-bond donors (Lipinski definition) is 1. The zero-order chi connectivity index (χ0) is 10.2. The summed E-state index contributed by atoms with van der Waals surface area (Å²) in [5.74, 6) is 0.358. The fraction of sp³-hybridized carbons (Fsp3) is 0.455. The Morgan fingerprint density at radius 1 is 1.50 bits per heavy atom. The Morgan fingerprint density at radius 3 is 2.79 bits per heavy atom. The van der Waals surface area contributed by atoms with Crippen molar-refractivity contribution in [3.05, 3.63) is 29.6 Å². The molecule has 0 heterocycles. The van der Waals surface area contributed by atoms with Crippen LogP contribution in [0.4, 0.5) is 4.39 Å². The number of hydrogen-bond acceptors (Lipinski definition) is 2. The monoisotopic (exact) mass is 196 g/mol. The fourth-order valence-electron chi connectivity index (χ4n) is 1.56. The molecule has 0 spiro atoms. The average molecular weight is 196 g/mol. The minimum atomic E-state index is -0.610. The van der Waals surface area contributed by atoms with Crippen molar-refractivity contribution in [2.75, 3.05) is 7.11 Å². The summed E-state index contributed by atoms with van der Waals surface area (Å²) in [5, 5.41) is 9.72. The van der Waals surface area contributed by atoms with Crippen LogP contribution in [0.1, 0.15) is 18.4 Å². The third-order valence-electron chi connectivity index (χ3n) is 2.59. The zero-order valence-corrected chi connectivity index (χ0v) is 8.09. The van der Waals surface area contributed by atoms with Gasteiger partial charge in [-0.3, -0.25) is 0 Å². The second-order valence-electron chi connectivity index (χ2n) is 3.86. The first-order valence-electron chi connectivity index (χ1n) is 4.68. The van der Waals surface area contributed by atoms with Crippen LogP contribution in [0.25, 0.3) is 0 Å². The molecule has 0 unspecified atom stereocenters.